The predicted molar refractivity (Wildman–Crippen MR) is 66.8 cm³/mol. The van der Waals surface area contributed by atoms with Gasteiger partial charge in [0.15, 0.2) is 0 Å². The highest BCUT2D eigenvalue weighted by molar-refractivity contribution is 5.57. The lowest BCUT2D eigenvalue weighted by molar-refractivity contribution is 0.104. The molecule has 0 saturated carbocycles. The molecule has 1 aromatic carbocycles. The number of hydrogen-bond acceptors (Lipinski definition) is 5. The minimum atomic E-state index is 0.227. The number of ether oxygens (including phenoxy) is 1. The number of nitrogens with zero attached hydrogens (tertiary/aromatic N) is 2. The average molecular weight is 245 g/mol. The van der Waals surface area contributed by atoms with Crippen LogP contribution in [0, 0.1) is 0 Å². The molecule has 5 heteroatoms. The van der Waals surface area contributed by atoms with Crippen molar-refractivity contribution in [2.75, 3.05) is 12.3 Å². The van der Waals surface area contributed by atoms with Crippen LogP contribution in [0.1, 0.15) is 18.7 Å². The Labute approximate surface area is 105 Å². The Morgan fingerprint density at radius 3 is 2.83 bits per heavy atom. The lowest BCUT2D eigenvalue weighted by atomic mass is 10.2. The summed E-state index contributed by atoms with van der Waals surface area (Å²) in [5, 5.41) is 3.98. The van der Waals surface area contributed by atoms with Crippen LogP contribution in [-0.2, 0) is 11.2 Å². The van der Waals surface area contributed by atoms with E-state index in [1.807, 2.05) is 24.3 Å². The first-order chi connectivity index (χ1) is 8.81. The first-order valence-electron chi connectivity index (χ1n) is 6.11. The molecule has 2 aromatic rings. The van der Waals surface area contributed by atoms with Gasteiger partial charge in [0, 0.05) is 17.9 Å². The molecule has 0 aliphatic carbocycles. The van der Waals surface area contributed by atoms with Crippen molar-refractivity contribution in [2.45, 2.75) is 25.4 Å². The van der Waals surface area contributed by atoms with Crippen LogP contribution in [0.15, 0.2) is 28.8 Å². The first kappa shape index (κ1) is 11.2. The SMILES string of the molecule is Nc1ccc(-c2noc(CC3CCCO3)n2)cc1. The van der Waals surface area contributed by atoms with Gasteiger partial charge in [0.1, 0.15) is 0 Å². The number of nitrogen functional groups attached to an aromatic ring is 1. The molecule has 0 radical (unpaired) electrons. The van der Waals surface area contributed by atoms with E-state index in [4.69, 9.17) is 15.0 Å². The van der Waals surface area contributed by atoms with E-state index in [9.17, 15) is 0 Å². The van der Waals surface area contributed by atoms with Crippen LogP contribution in [0.3, 0.4) is 0 Å². The lowest BCUT2D eigenvalue weighted by Crippen LogP contribution is -2.08. The standard InChI is InChI=1S/C13H15N3O2/c14-10-5-3-9(4-6-10)13-15-12(18-16-13)8-11-2-1-7-17-11/h3-6,11H,1-2,7-8,14H2. The Bertz CT molecular complexity index is 515. The van der Waals surface area contributed by atoms with E-state index in [1.165, 1.54) is 0 Å². The fourth-order valence-electron chi connectivity index (χ4n) is 2.09. The van der Waals surface area contributed by atoms with Crippen molar-refractivity contribution in [1.29, 1.82) is 0 Å². The van der Waals surface area contributed by atoms with Gasteiger partial charge in [-0.2, -0.15) is 4.98 Å². The number of rotatable bonds is 3. The zero-order valence-electron chi connectivity index (χ0n) is 10.0. The molecule has 2 N–H and O–H groups in total. The van der Waals surface area contributed by atoms with Gasteiger partial charge in [0.25, 0.3) is 0 Å². The summed E-state index contributed by atoms with van der Waals surface area (Å²) in [7, 11) is 0. The molecule has 1 aliphatic heterocycles. The third-order valence-electron chi connectivity index (χ3n) is 3.06. The summed E-state index contributed by atoms with van der Waals surface area (Å²) < 4.78 is 10.8. The Hall–Kier alpha value is -1.88. The molecule has 1 aliphatic rings. The Morgan fingerprint density at radius 2 is 2.11 bits per heavy atom. The van der Waals surface area contributed by atoms with E-state index in [-0.39, 0.29) is 6.10 Å². The van der Waals surface area contributed by atoms with Crippen LogP contribution in [0.5, 0.6) is 0 Å². The molecule has 5 nitrogen and oxygen atoms in total. The van der Waals surface area contributed by atoms with Crippen LogP contribution in [0.2, 0.25) is 0 Å². The summed E-state index contributed by atoms with van der Waals surface area (Å²) in [6.45, 7) is 0.837. The molecule has 0 spiro atoms. The maximum Gasteiger partial charge on any atom is 0.229 e. The van der Waals surface area contributed by atoms with Crippen molar-refractivity contribution in [1.82, 2.24) is 10.1 Å². The largest absolute Gasteiger partial charge is 0.399 e. The van der Waals surface area contributed by atoms with Crippen molar-refractivity contribution in [3.05, 3.63) is 30.2 Å². The number of hydrogen-bond donors (Lipinski definition) is 1. The van der Waals surface area contributed by atoms with Gasteiger partial charge < -0.3 is 15.0 Å². The van der Waals surface area contributed by atoms with Gasteiger partial charge in [-0.05, 0) is 37.1 Å². The molecule has 0 bridgehead atoms. The summed E-state index contributed by atoms with van der Waals surface area (Å²) in [6.07, 6.45) is 3.11. The molecule has 94 valence electrons. The van der Waals surface area contributed by atoms with E-state index in [2.05, 4.69) is 10.1 Å². The van der Waals surface area contributed by atoms with E-state index >= 15 is 0 Å². The topological polar surface area (TPSA) is 74.2 Å². The number of benzene rings is 1. The second-order valence-corrected chi connectivity index (χ2v) is 4.47. The van der Waals surface area contributed by atoms with Gasteiger partial charge in [0.2, 0.25) is 11.7 Å². The van der Waals surface area contributed by atoms with Crippen molar-refractivity contribution < 1.29 is 9.26 Å². The van der Waals surface area contributed by atoms with Gasteiger partial charge >= 0.3 is 0 Å². The second kappa shape index (κ2) is 4.78. The molecule has 3 rings (SSSR count). The average Bonchev–Trinajstić information content (AvgIpc) is 3.02. The summed E-state index contributed by atoms with van der Waals surface area (Å²) in [5.74, 6) is 1.23. The second-order valence-electron chi connectivity index (χ2n) is 4.47. The van der Waals surface area contributed by atoms with Gasteiger partial charge in [-0.25, -0.2) is 0 Å². The van der Waals surface area contributed by atoms with E-state index in [0.29, 0.717) is 18.1 Å². The van der Waals surface area contributed by atoms with Crippen molar-refractivity contribution in [2.24, 2.45) is 0 Å². The van der Waals surface area contributed by atoms with Crippen molar-refractivity contribution >= 4 is 5.69 Å². The molecule has 18 heavy (non-hydrogen) atoms. The van der Waals surface area contributed by atoms with Gasteiger partial charge in [-0.15, -0.1) is 0 Å². The van der Waals surface area contributed by atoms with Gasteiger partial charge in [-0.1, -0.05) is 5.16 Å². The summed E-state index contributed by atoms with van der Waals surface area (Å²) >= 11 is 0. The van der Waals surface area contributed by atoms with Crippen LogP contribution >= 0.6 is 0 Å². The van der Waals surface area contributed by atoms with Crippen molar-refractivity contribution in [3.63, 3.8) is 0 Å². The van der Waals surface area contributed by atoms with Gasteiger partial charge in [0.05, 0.1) is 12.5 Å². The molecule has 0 amide bonds. The maximum atomic E-state index is 5.64. The Balaban J connectivity index is 1.74. The minimum Gasteiger partial charge on any atom is -0.399 e. The number of nitrogens with two attached hydrogens (primary N) is 1. The third kappa shape index (κ3) is 2.36. The summed E-state index contributed by atoms with van der Waals surface area (Å²) in [5.41, 5.74) is 7.27. The predicted octanol–water partition coefficient (Wildman–Crippen LogP) is 2.04. The molecule has 1 aromatic heterocycles. The molecule has 1 saturated heterocycles. The Kier molecular flexibility index (Phi) is 2.98. The molecule has 1 unspecified atom stereocenters. The zero-order chi connectivity index (χ0) is 12.4. The van der Waals surface area contributed by atoms with Gasteiger partial charge in [-0.3, -0.25) is 0 Å². The lowest BCUT2D eigenvalue weighted by Gasteiger charge is -2.03. The molecule has 1 fully saturated rings. The fourth-order valence-corrected chi connectivity index (χ4v) is 2.09. The zero-order valence-corrected chi connectivity index (χ0v) is 10.0. The number of aromatic nitrogens is 2. The quantitative estimate of drug-likeness (QED) is 0.837. The molecular weight excluding hydrogens is 230 g/mol. The smallest absolute Gasteiger partial charge is 0.229 e. The maximum absolute atomic E-state index is 5.64. The molecule has 2 heterocycles. The minimum absolute atomic E-state index is 0.227. The molecular formula is C13H15N3O2. The normalized spacial score (nSPS) is 19.2. The fraction of sp³-hybridized carbons (Fsp3) is 0.385. The van der Waals surface area contributed by atoms with Crippen LogP contribution in [0.25, 0.3) is 11.4 Å². The third-order valence-corrected chi connectivity index (χ3v) is 3.06. The van der Waals surface area contributed by atoms with E-state index in [1.54, 1.807) is 0 Å². The highest BCUT2D eigenvalue weighted by Crippen LogP contribution is 2.20. The van der Waals surface area contributed by atoms with Crippen LogP contribution in [0.4, 0.5) is 5.69 Å². The van der Waals surface area contributed by atoms with Crippen molar-refractivity contribution in [3.8, 4) is 11.4 Å². The first-order valence-corrected chi connectivity index (χ1v) is 6.11. The summed E-state index contributed by atoms with van der Waals surface area (Å²) in [6, 6.07) is 7.42. The summed E-state index contributed by atoms with van der Waals surface area (Å²) in [4.78, 5) is 4.38. The van der Waals surface area contributed by atoms with Crippen LogP contribution in [-0.4, -0.2) is 22.9 Å². The molecule has 1 atom stereocenters. The monoisotopic (exact) mass is 245 g/mol. The highest BCUT2D eigenvalue weighted by atomic mass is 16.5. The van der Waals surface area contributed by atoms with Crippen LogP contribution < -0.4 is 5.73 Å². The van der Waals surface area contributed by atoms with E-state index in [0.717, 1.165) is 30.7 Å². The highest BCUT2D eigenvalue weighted by Gasteiger charge is 2.19. The Morgan fingerprint density at radius 1 is 1.28 bits per heavy atom. The number of anilines is 1. The van der Waals surface area contributed by atoms with E-state index < -0.39 is 0 Å².